The normalized spacial score (nSPS) is 19.9. The van der Waals surface area contributed by atoms with E-state index >= 15 is 0 Å². The van der Waals surface area contributed by atoms with Crippen LogP contribution in [-0.4, -0.2) is 30.4 Å². The van der Waals surface area contributed by atoms with Crippen LogP contribution < -0.4 is 5.73 Å². The molecule has 2 N–H and O–H groups in total. The average Bonchev–Trinajstić information content (AvgIpc) is 2.39. The number of halogens is 1. The van der Waals surface area contributed by atoms with Gasteiger partial charge in [-0.15, -0.1) is 0 Å². The van der Waals surface area contributed by atoms with Gasteiger partial charge in [0.2, 0.25) is 0 Å². The molecular weight excluding hydrogens is 292 g/mol. The summed E-state index contributed by atoms with van der Waals surface area (Å²) in [7, 11) is 0. The summed E-state index contributed by atoms with van der Waals surface area (Å²) in [5.41, 5.74) is 6.36. The fourth-order valence-corrected chi connectivity index (χ4v) is 2.92. The molecule has 1 aromatic carbocycles. The lowest BCUT2D eigenvalue weighted by atomic mass is 9.94. The van der Waals surface area contributed by atoms with E-state index in [0.29, 0.717) is 12.5 Å². The Morgan fingerprint density at radius 3 is 3.06 bits per heavy atom. The molecule has 1 amide bonds. The summed E-state index contributed by atoms with van der Waals surface area (Å²) in [6, 6.07) is 7.59. The zero-order valence-corrected chi connectivity index (χ0v) is 12.0. The quantitative estimate of drug-likeness (QED) is 0.933. The smallest absolute Gasteiger partial charge is 0.253 e. The Labute approximate surface area is 116 Å². The molecule has 18 heavy (non-hydrogen) atoms. The van der Waals surface area contributed by atoms with Gasteiger partial charge < -0.3 is 10.6 Å². The van der Waals surface area contributed by atoms with Crippen LogP contribution >= 0.6 is 15.9 Å². The van der Waals surface area contributed by atoms with Crippen LogP contribution in [0.25, 0.3) is 0 Å². The first-order chi connectivity index (χ1) is 8.70. The van der Waals surface area contributed by atoms with Crippen molar-refractivity contribution in [2.45, 2.75) is 19.3 Å². The first-order valence-electron chi connectivity index (χ1n) is 6.45. The van der Waals surface area contributed by atoms with Gasteiger partial charge in [0, 0.05) is 23.1 Å². The highest BCUT2D eigenvalue weighted by Crippen LogP contribution is 2.21. The SMILES string of the molecule is NCCC1CCCN(C(=O)c2cccc(Br)c2)C1. The van der Waals surface area contributed by atoms with Gasteiger partial charge in [-0.3, -0.25) is 4.79 Å². The molecule has 0 radical (unpaired) electrons. The molecule has 1 unspecified atom stereocenters. The predicted octanol–water partition coefficient (Wildman–Crippen LogP) is 2.65. The summed E-state index contributed by atoms with van der Waals surface area (Å²) in [5.74, 6) is 0.706. The van der Waals surface area contributed by atoms with E-state index in [1.54, 1.807) is 0 Å². The number of carbonyl (C=O) groups is 1. The Balaban J connectivity index is 2.04. The number of hydrogen-bond acceptors (Lipinski definition) is 2. The molecule has 1 heterocycles. The number of amides is 1. The third-order valence-corrected chi connectivity index (χ3v) is 3.95. The van der Waals surface area contributed by atoms with E-state index in [2.05, 4.69) is 15.9 Å². The number of carbonyl (C=O) groups excluding carboxylic acids is 1. The molecule has 0 aliphatic carbocycles. The topological polar surface area (TPSA) is 46.3 Å². The first-order valence-corrected chi connectivity index (χ1v) is 7.25. The molecular formula is C14H19BrN2O. The number of hydrogen-bond donors (Lipinski definition) is 1. The zero-order chi connectivity index (χ0) is 13.0. The van der Waals surface area contributed by atoms with Crippen molar-refractivity contribution in [2.24, 2.45) is 11.7 Å². The number of piperidine rings is 1. The summed E-state index contributed by atoms with van der Waals surface area (Å²) in [6.45, 7) is 2.43. The van der Waals surface area contributed by atoms with Crippen molar-refractivity contribution in [1.82, 2.24) is 4.90 Å². The lowest BCUT2D eigenvalue weighted by molar-refractivity contribution is 0.0669. The third-order valence-electron chi connectivity index (χ3n) is 3.45. The van der Waals surface area contributed by atoms with Gasteiger partial charge in [-0.1, -0.05) is 22.0 Å². The second-order valence-electron chi connectivity index (χ2n) is 4.85. The molecule has 0 spiro atoms. The number of rotatable bonds is 3. The van der Waals surface area contributed by atoms with Crippen LogP contribution in [0.15, 0.2) is 28.7 Å². The van der Waals surface area contributed by atoms with E-state index in [1.807, 2.05) is 29.2 Å². The summed E-state index contributed by atoms with van der Waals surface area (Å²) in [4.78, 5) is 14.3. The summed E-state index contributed by atoms with van der Waals surface area (Å²) in [6.07, 6.45) is 3.30. The largest absolute Gasteiger partial charge is 0.338 e. The zero-order valence-electron chi connectivity index (χ0n) is 10.4. The summed E-state index contributed by atoms with van der Waals surface area (Å²) < 4.78 is 0.948. The van der Waals surface area contributed by atoms with Crippen LogP contribution in [0.1, 0.15) is 29.6 Å². The van der Waals surface area contributed by atoms with Gasteiger partial charge in [0.25, 0.3) is 5.91 Å². The van der Waals surface area contributed by atoms with Gasteiger partial charge in [0.15, 0.2) is 0 Å². The van der Waals surface area contributed by atoms with Crippen molar-refractivity contribution in [3.8, 4) is 0 Å². The lowest BCUT2D eigenvalue weighted by Crippen LogP contribution is -2.40. The molecule has 1 aromatic rings. The van der Waals surface area contributed by atoms with Gasteiger partial charge in [-0.25, -0.2) is 0 Å². The molecule has 1 aliphatic rings. The molecule has 1 saturated heterocycles. The van der Waals surface area contributed by atoms with Crippen molar-refractivity contribution in [3.05, 3.63) is 34.3 Å². The molecule has 1 aliphatic heterocycles. The van der Waals surface area contributed by atoms with Gasteiger partial charge in [0.05, 0.1) is 0 Å². The van der Waals surface area contributed by atoms with E-state index in [0.717, 1.165) is 36.0 Å². The van der Waals surface area contributed by atoms with Crippen LogP contribution in [-0.2, 0) is 0 Å². The molecule has 3 nitrogen and oxygen atoms in total. The van der Waals surface area contributed by atoms with Crippen molar-refractivity contribution in [1.29, 1.82) is 0 Å². The van der Waals surface area contributed by atoms with Crippen LogP contribution in [0.2, 0.25) is 0 Å². The fourth-order valence-electron chi connectivity index (χ4n) is 2.52. The van der Waals surface area contributed by atoms with E-state index < -0.39 is 0 Å². The Bertz CT molecular complexity index is 420. The first kappa shape index (κ1) is 13.6. The third kappa shape index (κ3) is 3.33. The Hall–Kier alpha value is -0.870. The molecule has 1 atom stereocenters. The van der Waals surface area contributed by atoms with Crippen LogP contribution in [0.3, 0.4) is 0 Å². The highest BCUT2D eigenvalue weighted by atomic mass is 79.9. The molecule has 0 bridgehead atoms. The molecule has 1 fully saturated rings. The molecule has 0 saturated carbocycles. The van der Waals surface area contributed by atoms with Gasteiger partial charge in [0.1, 0.15) is 0 Å². The highest BCUT2D eigenvalue weighted by molar-refractivity contribution is 9.10. The van der Waals surface area contributed by atoms with Gasteiger partial charge >= 0.3 is 0 Å². The molecule has 0 aromatic heterocycles. The molecule has 4 heteroatoms. The van der Waals surface area contributed by atoms with E-state index in [9.17, 15) is 4.79 Å². The predicted molar refractivity (Wildman–Crippen MR) is 76.4 cm³/mol. The number of nitrogens with two attached hydrogens (primary N) is 1. The molecule has 2 rings (SSSR count). The van der Waals surface area contributed by atoms with Crippen molar-refractivity contribution < 1.29 is 4.79 Å². The number of benzene rings is 1. The van der Waals surface area contributed by atoms with Crippen LogP contribution in [0.5, 0.6) is 0 Å². The maximum absolute atomic E-state index is 12.4. The van der Waals surface area contributed by atoms with E-state index in [-0.39, 0.29) is 5.91 Å². The minimum Gasteiger partial charge on any atom is -0.338 e. The Morgan fingerprint density at radius 2 is 2.33 bits per heavy atom. The lowest BCUT2D eigenvalue weighted by Gasteiger charge is -2.32. The average molecular weight is 311 g/mol. The minimum absolute atomic E-state index is 0.137. The van der Waals surface area contributed by atoms with E-state index in [1.165, 1.54) is 6.42 Å². The van der Waals surface area contributed by atoms with Crippen molar-refractivity contribution in [2.75, 3.05) is 19.6 Å². The second-order valence-corrected chi connectivity index (χ2v) is 5.76. The maximum atomic E-state index is 12.4. The number of likely N-dealkylation sites (tertiary alicyclic amines) is 1. The van der Waals surface area contributed by atoms with Crippen molar-refractivity contribution in [3.63, 3.8) is 0 Å². The van der Waals surface area contributed by atoms with Crippen LogP contribution in [0, 0.1) is 5.92 Å². The second kappa shape index (κ2) is 6.34. The maximum Gasteiger partial charge on any atom is 0.253 e. The fraction of sp³-hybridized carbons (Fsp3) is 0.500. The standard InChI is InChI=1S/C14H19BrN2O/c15-13-5-1-4-12(9-13)14(18)17-8-2-3-11(10-17)6-7-16/h1,4-5,9,11H,2-3,6-8,10,16H2. The minimum atomic E-state index is 0.137. The number of nitrogens with zero attached hydrogens (tertiary/aromatic N) is 1. The van der Waals surface area contributed by atoms with Crippen molar-refractivity contribution >= 4 is 21.8 Å². The van der Waals surface area contributed by atoms with Crippen LogP contribution in [0.4, 0.5) is 0 Å². The summed E-state index contributed by atoms with van der Waals surface area (Å²) in [5, 5.41) is 0. The highest BCUT2D eigenvalue weighted by Gasteiger charge is 2.23. The van der Waals surface area contributed by atoms with E-state index in [4.69, 9.17) is 5.73 Å². The molecule has 98 valence electrons. The Kier molecular flexibility index (Phi) is 4.78. The summed E-state index contributed by atoms with van der Waals surface area (Å²) >= 11 is 3.40. The Morgan fingerprint density at radius 1 is 1.50 bits per heavy atom. The van der Waals surface area contributed by atoms with Gasteiger partial charge in [-0.2, -0.15) is 0 Å². The monoisotopic (exact) mass is 310 g/mol. The van der Waals surface area contributed by atoms with Gasteiger partial charge in [-0.05, 0) is 49.9 Å².